The molecule has 0 atom stereocenters. The molecule has 2 aromatic rings. The van der Waals surface area contributed by atoms with E-state index in [1.165, 1.54) is 16.7 Å². The van der Waals surface area contributed by atoms with Gasteiger partial charge in [-0.05, 0) is 47.7 Å². The summed E-state index contributed by atoms with van der Waals surface area (Å²) in [6, 6.07) is 14.8. The highest BCUT2D eigenvalue weighted by atomic mass is 16.1. The number of benzene rings is 2. The van der Waals surface area contributed by atoms with E-state index >= 15 is 0 Å². The lowest BCUT2D eigenvalue weighted by Crippen LogP contribution is -2.03. The average Bonchev–Trinajstić information content (AvgIpc) is 2.81. The predicted octanol–water partition coefficient (Wildman–Crippen LogP) is 2.27. The van der Waals surface area contributed by atoms with Crippen molar-refractivity contribution in [1.29, 1.82) is 0 Å². The van der Waals surface area contributed by atoms with Gasteiger partial charge in [-0.1, -0.05) is 36.4 Å². The summed E-state index contributed by atoms with van der Waals surface area (Å²) >= 11 is 0. The van der Waals surface area contributed by atoms with Crippen LogP contribution >= 0.6 is 0 Å². The Morgan fingerprint density at radius 2 is 1.70 bits per heavy atom. The maximum Gasteiger partial charge on any atom is 0.228 e. The van der Waals surface area contributed by atoms with Gasteiger partial charge in [0.2, 0.25) is 5.91 Å². The van der Waals surface area contributed by atoms with E-state index < -0.39 is 0 Å². The van der Waals surface area contributed by atoms with Crippen LogP contribution in [-0.4, -0.2) is 12.5 Å². The van der Waals surface area contributed by atoms with Gasteiger partial charge in [-0.2, -0.15) is 0 Å². The van der Waals surface area contributed by atoms with Crippen molar-refractivity contribution in [1.82, 2.24) is 0 Å². The summed E-state index contributed by atoms with van der Waals surface area (Å²) in [6.45, 7) is 0.686. The molecular formula is C17H18N2O. The van der Waals surface area contributed by atoms with Gasteiger partial charge in [0.15, 0.2) is 0 Å². The number of hydrogen-bond donors (Lipinski definition) is 2. The highest BCUT2D eigenvalue weighted by Gasteiger charge is 2.17. The first-order valence-corrected chi connectivity index (χ1v) is 6.94. The van der Waals surface area contributed by atoms with Gasteiger partial charge < -0.3 is 11.1 Å². The molecule has 1 heterocycles. The zero-order valence-corrected chi connectivity index (χ0v) is 11.4. The van der Waals surface area contributed by atoms with E-state index in [1.807, 2.05) is 6.07 Å². The number of hydrogen-bond acceptors (Lipinski definition) is 2. The Morgan fingerprint density at radius 1 is 1.00 bits per heavy atom. The number of nitrogens with two attached hydrogens (primary N) is 1. The van der Waals surface area contributed by atoms with Gasteiger partial charge >= 0.3 is 0 Å². The smallest absolute Gasteiger partial charge is 0.228 e. The SMILES string of the molecule is NCCc1ccc(Cc2ccc3c(c2)CC(=O)N3)cc1. The Kier molecular flexibility index (Phi) is 3.52. The van der Waals surface area contributed by atoms with Crippen molar-refractivity contribution in [2.24, 2.45) is 5.73 Å². The number of anilines is 1. The molecule has 3 nitrogen and oxygen atoms in total. The number of carbonyl (C=O) groups excluding carboxylic acids is 1. The molecule has 1 aliphatic heterocycles. The molecule has 0 unspecified atom stereocenters. The normalized spacial score (nSPS) is 13.2. The van der Waals surface area contributed by atoms with Gasteiger partial charge in [0.1, 0.15) is 0 Å². The van der Waals surface area contributed by atoms with Crippen molar-refractivity contribution in [3.05, 3.63) is 64.7 Å². The van der Waals surface area contributed by atoms with Gasteiger partial charge in [0, 0.05) is 5.69 Å². The molecule has 0 aromatic heterocycles. The van der Waals surface area contributed by atoms with Crippen molar-refractivity contribution >= 4 is 11.6 Å². The molecule has 0 saturated heterocycles. The highest BCUT2D eigenvalue weighted by molar-refractivity contribution is 5.99. The Morgan fingerprint density at radius 3 is 2.45 bits per heavy atom. The summed E-state index contributed by atoms with van der Waals surface area (Å²) in [5, 5.41) is 2.86. The van der Waals surface area contributed by atoms with Crippen LogP contribution in [0.3, 0.4) is 0 Å². The first kappa shape index (κ1) is 12.9. The van der Waals surface area contributed by atoms with E-state index in [0.717, 1.165) is 24.1 Å². The maximum absolute atomic E-state index is 11.3. The molecule has 20 heavy (non-hydrogen) atoms. The minimum Gasteiger partial charge on any atom is -0.330 e. The molecule has 0 saturated carbocycles. The van der Waals surface area contributed by atoms with E-state index in [-0.39, 0.29) is 5.91 Å². The summed E-state index contributed by atoms with van der Waals surface area (Å²) in [5.74, 6) is 0.0864. The molecule has 2 aromatic carbocycles. The van der Waals surface area contributed by atoms with Gasteiger partial charge in [-0.3, -0.25) is 4.79 Å². The monoisotopic (exact) mass is 266 g/mol. The van der Waals surface area contributed by atoms with Crippen LogP contribution in [0.1, 0.15) is 22.3 Å². The maximum atomic E-state index is 11.3. The lowest BCUT2D eigenvalue weighted by atomic mass is 10.0. The minimum absolute atomic E-state index is 0.0864. The van der Waals surface area contributed by atoms with Crippen LogP contribution in [0.4, 0.5) is 5.69 Å². The lowest BCUT2D eigenvalue weighted by Gasteiger charge is -2.06. The quantitative estimate of drug-likeness (QED) is 0.892. The van der Waals surface area contributed by atoms with E-state index in [0.29, 0.717) is 13.0 Å². The van der Waals surface area contributed by atoms with E-state index in [9.17, 15) is 4.79 Å². The fourth-order valence-electron chi connectivity index (χ4n) is 2.62. The first-order chi connectivity index (χ1) is 9.74. The highest BCUT2D eigenvalue weighted by Crippen LogP contribution is 2.25. The van der Waals surface area contributed by atoms with Crippen LogP contribution in [0.5, 0.6) is 0 Å². The predicted molar refractivity (Wildman–Crippen MR) is 80.8 cm³/mol. The Labute approximate surface area is 118 Å². The van der Waals surface area contributed by atoms with Gasteiger partial charge in [0.05, 0.1) is 6.42 Å². The zero-order chi connectivity index (χ0) is 13.9. The third-order valence-electron chi connectivity index (χ3n) is 3.66. The van der Waals surface area contributed by atoms with Gasteiger partial charge in [0.25, 0.3) is 0 Å². The van der Waals surface area contributed by atoms with Crippen LogP contribution in [0, 0.1) is 0 Å². The average molecular weight is 266 g/mol. The molecule has 0 fully saturated rings. The summed E-state index contributed by atoms with van der Waals surface area (Å²) < 4.78 is 0. The molecule has 102 valence electrons. The van der Waals surface area contributed by atoms with Crippen LogP contribution in [0.15, 0.2) is 42.5 Å². The minimum atomic E-state index is 0.0864. The lowest BCUT2D eigenvalue weighted by molar-refractivity contribution is -0.115. The molecule has 3 heteroatoms. The summed E-state index contributed by atoms with van der Waals surface area (Å²) in [4.78, 5) is 11.3. The van der Waals surface area contributed by atoms with E-state index in [4.69, 9.17) is 5.73 Å². The molecule has 1 aliphatic rings. The second-order valence-corrected chi connectivity index (χ2v) is 5.25. The fourth-order valence-corrected chi connectivity index (χ4v) is 2.62. The third kappa shape index (κ3) is 2.73. The number of rotatable bonds is 4. The first-order valence-electron chi connectivity index (χ1n) is 6.94. The summed E-state index contributed by atoms with van der Waals surface area (Å²) in [7, 11) is 0. The second-order valence-electron chi connectivity index (χ2n) is 5.25. The van der Waals surface area contributed by atoms with E-state index in [1.54, 1.807) is 0 Å². The largest absolute Gasteiger partial charge is 0.330 e. The van der Waals surface area contributed by atoms with Crippen LogP contribution in [0.25, 0.3) is 0 Å². The molecular weight excluding hydrogens is 248 g/mol. The molecule has 0 spiro atoms. The van der Waals surface area contributed by atoms with Crippen LogP contribution < -0.4 is 11.1 Å². The van der Waals surface area contributed by atoms with Crippen molar-refractivity contribution in [3.63, 3.8) is 0 Å². The van der Waals surface area contributed by atoms with Crippen molar-refractivity contribution in [2.45, 2.75) is 19.3 Å². The van der Waals surface area contributed by atoms with Crippen LogP contribution in [0.2, 0.25) is 0 Å². The topological polar surface area (TPSA) is 55.1 Å². The standard InChI is InChI=1S/C17H18N2O/c18-8-7-12-1-3-13(4-2-12)9-14-5-6-16-15(10-14)11-17(20)19-16/h1-6,10H,7-9,11,18H2,(H,19,20). The second kappa shape index (κ2) is 5.47. The molecule has 3 rings (SSSR count). The Bertz CT molecular complexity index is 632. The zero-order valence-electron chi connectivity index (χ0n) is 11.4. The van der Waals surface area contributed by atoms with Gasteiger partial charge in [-0.25, -0.2) is 0 Å². The molecule has 0 aliphatic carbocycles. The Balaban J connectivity index is 1.75. The number of fused-ring (bicyclic) bond motifs is 1. The third-order valence-corrected chi connectivity index (χ3v) is 3.66. The summed E-state index contributed by atoms with van der Waals surface area (Å²) in [6.07, 6.45) is 2.32. The molecule has 0 bridgehead atoms. The number of nitrogens with one attached hydrogen (secondary N) is 1. The molecule has 1 amide bonds. The van der Waals surface area contributed by atoms with Crippen molar-refractivity contribution in [2.75, 3.05) is 11.9 Å². The van der Waals surface area contributed by atoms with Gasteiger partial charge in [-0.15, -0.1) is 0 Å². The van der Waals surface area contributed by atoms with Crippen molar-refractivity contribution < 1.29 is 4.79 Å². The molecule has 0 radical (unpaired) electrons. The molecule has 3 N–H and O–H groups in total. The van der Waals surface area contributed by atoms with Crippen molar-refractivity contribution in [3.8, 4) is 0 Å². The van der Waals surface area contributed by atoms with Crippen LogP contribution in [-0.2, 0) is 24.1 Å². The number of amides is 1. The fraction of sp³-hybridized carbons (Fsp3) is 0.235. The summed E-state index contributed by atoms with van der Waals surface area (Å²) in [5.41, 5.74) is 11.4. The Hall–Kier alpha value is -2.13. The number of carbonyl (C=O) groups is 1. The van der Waals surface area contributed by atoms with E-state index in [2.05, 4.69) is 41.7 Å².